The Balaban J connectivity index is 1.78. The third-order valence-corrected chi connectivity index (χ3v) is 4.20. The normalized spacial score (nSPS) is 14.5. The van der Waals surface area contributed by atoms with Gasteiger partial charge in [-0.2, -0.15) is 0 Å². The number of halogens is 1. The summed E-state index contributed by atoms with van der Waals surface area (Å²) in [7, 11) is 1.52. The first kappa shape index (κ1) is 17.3. The third kappa shape index (κ3) is 4.31. The third-order valence-electron chi connectivity index (χ3n) is 3.90. The standard InChI is InChI=1S/C19H18ClNO4/c1-24-16-10-9-14(11-15(16)20)21-18(22)17(12-5-3-2-4-6-12)25-19(23)13-7-8-13/h2-6,9-11,13,17H,7-8H2,1H3,(H,21,22)/t17-/m1/s1. The van der Waals surface area contributed by atoms with Crippen LogP contribution in [0.4, 0.5) is 5.69 Å². The van der Waals surface area contributed by atoms with Gasteiger partial charge in [0.25, 0.3) is 5.91 Å². The number of hydrogen-bond donors (Lipinski definition) is 1. The van der Waals surface area contributed by atoms with Crippen molar-refractivity contribution in [3.8, 4) is 5.75 Å². The van der Waals surface area contributed by atoms with Gasteiger partial charge in [-0.25, -0.2) is 0 Å². The van der Waals surface area contributed by atoms with Gasteiger partial charge in [0.15, 0.2) is 0 Å². The van der Waals surface area contributed by atoms with Gasteiger partial charge in [-0.15, -0.1) is 0 Å². The van der Waals surface area contributed by atoms with Crippen molar-refractivity contribution in [2.24, 2.45) is 5.92 Å². The Labute approximate surface area is 150 Å². The van der Waals surface area contributed by atoms with E-state index in [1.807, 2.05) is 6.07 Å². The molecule has 5 nitrogen and oxygen atoms in total. The lowest BCUT2D eigenvalue weighted by atomic mass is 10.1. The van der Waals surface area contributed by atoms with Crippen LogP contribution in [0.2, 0.25) is 5.02 Å². The summed E-state index contributed by atoms with van der Waals surface area (Å²) in [6, 6.07) is 13.9. The lowest BCUT2D eigenvalue weighted by Crippen LogP contribution is -2.26. The molecular formula is C19H18ClNO4. The molecule has 0 spiro atoms. The monoisotopic (exact) mass is 359 g/mol. The maximum absolute atomic E-state index is 12.7. The minimum atomic E-state index is -1.00. The zero-order valence-corrected chi connectivity index (χ0v) is 14.5. The fraction of sp³-hybridized carbons (Fsp3) is 0.263. The number of carbonyl (C=O) groups is 2. The van der Waals surface area contributed by atoms with Crippen LogP contribution in [0.3, 0.4) is 0 Å². The van der Waals surface area contributed by atoms with Gasteiger partial charge in [-0.05, 0) is 31.0 Å². The van der Waals surface area contributed by atoms with Gasteiger partial charge in [0.1, 0.15) is 5.75 Å². The number of methoxy groups -OCH3 is 1. The zero-order chi connectivity index (χ0) is 17.8. The van der Waals surface area contributed by atoms with E-state index in [0.717, 1.165) is 12.8 Å². The first-order valence-corrected chi connectivity index (χ1v) is 8.36. The average molecular weight is 360 g/mol. The first-order valence-electron chi connectivity index (χ1n) is 7.98. The Hall–Kier alpha value is -2.53. The molecule has 2 aromatic carbocycles. The number of hydrogen-bond acceptors (Lipinski definition) is 4. The molecule has 1 aliphatic carbocycles. The molecule has 1 amide bonds. The minimum absolute atomic E-state index is 0.0885. The van der Waals surface area contributed by atoms with Crippen molar-refractivity contribution >= 4 is 29.2 Å². The van der Waals surface area contributed by atoms with E-state index < -0.39 is 12.0 Å². The summed E-state index contributed by atoms with van der Waals surface area (Å²) < 4.78 is 10.6. The molecule has 130 valence electrons. The van der Waals surface area contributed by atoms with E-state index >= 15 is 0 Å². The molecule has 0 saturated heterocycles. The smallest absolute Gasteiger partial charge is 0.310 e. The number of anilines is 1. The van der Waals surface area contributed by atoms with E-state index in [0.29, 0.717) is 22.0 Å². The second-order valence-corrected chi connectivity index (χ2v) is 6.25. The summed E-state index contributed by atoms with van der Waals surface area (Å²) in [5.74, 6) is -0.341. The maximum Gasteiger partial charge on any atom is 0.310 e. The first-order chi connectivity index (χ1) is 12.1. The predicted octanol–water partition coefficient (Wildman–Crippen LogP) is 3.98. The van der Waals surface area contributed by atoms with Crippen LogP contribution in [0.5, 0.6) is 5.75 Å². The summed E-state index contributed by atoms with van der Waals surface area (Å²) in [6.07, 6.45) is 0.627. The van der Waals surface area contributed by atoms with Crippen LogP contribution < -0.4 is 10.1 Å². The Morgan fingerprint density at radius 1 is 1.16 bits per heavy atom. The molecule has 1 N–H and O–H groups in total. The van der Waals surface area contributed by atoms with Gasteiger partial charge in [0.2, 0.25) is 6.10 Å². The molecule has 0 aromatic heterocycles. The van der Waals surface area contributed by atoms with Crippen LogP contribution in [-0.4, -0.2) is 19.0 Å². The van der Waals surface area contributed by atoms with E-state index in [2.05, 4.69) is 5.32 Å². The highest BCUT2D eigenvalue weighted by molar-refractivity contribution is 6.32. The quantitative estimate of drug-likeness (QED) is 0.792. The Morgan fingerprint density at radius 3 is 2.48 bits per heavy atom. The van der Waals surface area contributed by atoms with Gasteiger partial charge < -0.3 is 14.8 Å². The Kier molecular flexibility index (Phi) is 5.24. The summed E-state index contributed by atoms with van der Waals surface area (Å²) in [6.45, 7) is 0. The molecule has 6 heteroatoms. The van der Waals surface area contributed by atoms with Crippen LogP contribution >= 0.6 is 11.6 Å². The van der Waals surface area contributed by atoms with Crippen molar-refractivity contribution in [2.75, 3.05) is 12.4 Å². The maximum atomic E-state index is 12.7. The molecule has 1 fully saturated rings. The number of ether oxygens (including phenoxy) is 2. The summed E-state index contributed by atoms with van der Waals surface area (Å²) in [4.78, 5) is 24.7. The molecular weight excluding hydrogens is 342 g/mol. The molecule has 1 saturated carbocycles. The Bertz CT molecular complexity index is 774. The highest BCUT2D eigenvalue weighted by atomic mass is 35.5. The van der Waals surface area contributed by atoms with Crippen LogP contribution in [-0.2, 0) is 14.3 Å². The fourth-order valence-electron chi connectivity index (χ4n) is 2.38. The second kappa shape index (κ2) is 7.57. The van der Waals surface area contributed by atoms with Crippen molar-refractivity contribution in [1.82, 2.24) is 0 Å². The molecule has 1 aliphatic rings. The van der Waals surface area contributed by atoms with Crippen LogP contribution in [0.15, 0.2) is 48.5 Å². The molecule has 25 heavy (non-hydrogen) atoms. The molecule has 2 aromatic rings. The van der Waals surface area contributed by atoms with Crippen LogP contribution in [0, 0.1) is 5.92 Å². The van der Waals surface area contributed by atoms with Crippen molar-refractivity contribution in [2.45, 2.75) is 18.9 Å². The van der Waals surface area contributed by atoms with Crippen molar-refractivity contribution in [3.05, 3.63) is 59.1 Å². The number of nitrogens with one attached hydrogen (secondary N) is 1. The average Bonchev–Trinajstić information content (AvgIpc) is 3.45. The van der Waals surface area contributed by atoms with Crippen molar-refractivity contribution in [3.63, 3.8) is 0 Å². The van der Waals surface area contributed by atoms with Crippen molar-refractivity contribution < 1.29 is 19.1 Å². The summed E-state index contributed by atoms with van der Waals surface area (Å²) in [5, 5.41) is 3.12. The lowest BCUT2D eigenvalue weighted by Gasteiger charge is -2.18. The van der Waals surface area contributed by atoms with Gasteiger partial charge in [0, 0.05) is 11.3 Å². The molecule has 1 atom stereocenters. The molecule has 0 radical (unpaired) electrons. The summed E-state index contributed by atoms with van der Waals surface area (Å²) >= 11 is 6.08. The number of rotatable bonds is 6. The van der Waals surface area contributed by atoms with E-state index in [1.165, 1.54) is 7.11 Å². The van der Waals surface area contributed by atoms with E-state index in [9.17, 15) is 9.59 Å². The molecule has 0 bridgehead atoms. The molecule has 0 heterocycles. The summed E-state index contributed by atoms with van der Waals surface area (Å²) in [5.41, 5.74) is 1.12. The van der Waals surface area contributed by atoms with Gasteiger partial charge >= 0.3 is 5.97 Å². The number of carbonyl (C=O) groups excluding carboxylic acids is 2. The second-order valence-electron chi connectivity index (χ2n) is 5.84. The van der Waals surface area contributed by atoms with Gasteiger partial charge in [-0.3, -0.25) is 9.59 Å². The van der Waals surface area contributed by atoms with Crippen LogP contribution in [0.25, 0.3) is 0 Å². The molecule has 0 aliphatic heterocycles. The number of amides is 1. The zero-order valence-electron chi connectivity index (χ0n) is 13.7. The highest BCUT2D eigenvalue weighted by Gasteiger charge is 2.35. The largest absolute Gasteiger partial charge is 0.495 e. The number of benzene rings is 2. The molecule has 0 unspecified atom stereocenters. The molecule has 3 rings (SSSR count). The predicted molar refractivity (Wildman–Crippen MR) is 94.6 cm³/mol. The van der Waals surface area contributed by atoms with Gasteiger partial charge in [-0.1, -0.05) is 41.9 Å². The minimum Gasteiger partial charge on any atom is -0.495 e. The highest BCUT2D eigenvalue weighted by Crippen LogP contribution is 2.33. The fourth-order valence-corrected chi connectivity index (χ4v) is 2.64. The van der Waals surface area contributed by atoms with Crippen molar-refractivity contribution in [1.29, 1.82) is 0 Å². The number of esters is 1. The van der Waals surface area contributed by atoms with E-state index in [4.69, 9.17) is 21.1 Å². The topological polar surface area (TPSA) is 64.6 Å². The SMILES string of the molecule is COc1ccc(NC(=O)[C@H](OC(=O)C2CC2)c2ccccc2)cc1Cl. The van der Waals surface area contributed by atoms with E-state index in [-0.39, 0.29) is 11.9 Å². The Morgan fingerprint density at radius 2 is 1.88 bits per heavy atom. The van der Waals surface area contributed by atoms with Gasteiger partial charge in [0.05, 0.1) is 18.1 Å². The van der Waals surface area contributed by atoms with Crippen LogP contribution in [0.1, 0.15) is 24.5 Å². The lowest BCUT2D eigenvalue weighted by molar-refractivity contribution is -0.156. The van der Waals surface area contributed by atoms with E-state index in [1.54, 1.807) is 42.5 Å².